The van der Waals surface area contributed by atoms with Crippen LogP contribution in [0.2, 0.25) is 0 Å². The van der Waals surface area contributed by atoms with E-state index in [9.17, 15) is 19.7 Å². The number of fused-ring (bicyclic) bond motifs is 1. The van der Waals surface area contributed by atoms with Gasteiger partial charge >= 0.3 is 5.97 Å². The fraction of sp³-hybridized carbons (Fsp3) is 0.368. The number of carbonyl (C=O) groups excluding carboxylic acids is 2. The topological polar surface area (TPSA) is 98.5 Å². The molecule has 0 fully saturated rings. The third kappa shape index (κ3) is 4.16. The zero-order valence-electron chi connectivity index (χ0n) is 15.2. The number of thiophene rings is 1. The van der Waals surface area contributed by atoms with Gasteiger partial charge < -0.3 is 10.1 Å². The molecule has 3 rings (SSSR count). The Bertz CT molecular complexity index is 896. The van der Waals surface area contributed by atoms with E-state index < -0.39 is 23.4 Å². The first kappa shape index (κ1) is 19.0. The molecule has 1 aromatic carbocycles. The Balaban J connectivity index is 1.65. The summed E-state index contributed by atoms with van der Waals surface area (Å²) in [5.74, 6) is -1.15. The average Bonchev–Trinajstić information content (AvgIpc) is 3.07. The Kier molecular flexibility index (Phi) is 5.55. The van der Waals surface area contributed by atoms with Gasteiger partial charge in [0.2, 0.25) is 0 Å². The van der Waals surface area contributed by atoms with E-state index in [2.05, 4.69) is 5.32 Å². The molecule has 1 heterocycles. The number of nitro benzene ring substituents is 1. The van der Waals surface area contributed by atoms with E-state index in [1.807, 2.05) is 6.07 Å². The molecule has 1 amide bonds. The molecular formula is C19H20N2O5S. The Morgan fingerprint density at radius 1 is 1.26 bits per heavy atom. The van der Waals surface area contributed by atoms with Crippen LogP contribution in [0.15, 0.2) is 18.2 Å². The lowest BCUT2D eigenvalue weighted by Gasteiger charge is -2.11. The van der Waals surface area contributed by atoms with Crippen molar-refractivity contribution >= 4 is 34.6 Å². The molecule has 0 aliphatic heterocycles. The SMILES string of the molecule is Cc1ccc([N+](=O)[O-])c(NC(=O)COC(=O)c2cc3c(s2)CCCC3)c1C. The Morgan fingerprint density at radius 2 is 2.00 bits per heavy atom. The van der Waals surface area contributed by atoms with Gasteiger partial charge in [-0.05, 0) is 62.3 Å². The second-order valence-electron chi connectivity index (χ2n) is 6.55. The van der Waals surface area contributed by atoms with E-state index in [-0.39, 0.29) is 11.4 Å². The minimum Gasteiger partial charge on any atom is -0.451 e. The summed E-state index contributed by atoms with van der Waals surface area (Å²) in [6, 6.07) is 4.82. The molecule has 0 saturated carbocycles. The molecule has 8 heteroatoms. The number of esters is 1. The molecular weight excluding hydrogens is 368 g/mol. The van der Waals surface area contributed by atoms with Gasteiger partial charge in [-0.2, -0.15) is 0 Å². The number of hydrogen-bond acceptors (Lipinski definition) is 6. The zero-order chi connectivity index (χ0) is 19.6. The van der Waals surface area contributed by atoms with Gasteiger partial charge in [-0.1, -0.05) is 6.07 Å². The van der Waals surface area contributed by atoms with Crippen LogP contribution in [0.25, 0.3) is 0 Å². The van der Waals surface area contributed by atoms with E-state index >= 15 is 0 Å². The van der Waals surface area contributed by atoms with Gasteiger partial charge in [0.25, 0.3) is 11.6 Å². The number of hydrogen-bond donors (Lipinski definition) is 1. The fourth-order valence-electron chi connectivity index (χ4n) is 3.08. The second-order valence-corrected chi connectivity index (χ2v) is 7.69. The van der Waals surface area contributed by atoms with Crippen molar-refractivity contribution in [1.29, 1.82) is 0 Å². The number of anilines is 1. The summed E-state index contributed by atoms with van der Waals surface area (Å²) in [7, 11) is 0. The van der Waals surface area contributed by atoms with Gasteiger partial charge in [0.1, 0.15) is 10.6 Å². The molecule has 0 saturated heterocycles. The van der Waals surface area contributed by atoms with Gasteiger partial charge in [0, 0.05) is 10.9 Å². The first-order valence-corrected chi connectivity index (χ1v) is 9.51. The number of nitrogens with zero attached hydrogens (tertiary/aromatic N) is 1. The van der Waals surface area contributed by atoms with E-state index in [0.29, 0.717) is 10.4 Å². The maximum Gasteiger partial charge on any atom is 0.348 e. The number of ether oxygens (including phenoxy) is 1. The third-order valence-electron chi connectivity index (χ3n) is 4.71. The summed E-state index contributed by atoms with van der Waals surface area (Å²) in [5, 5.41) is 13.7. The van der Waals surface area contributed by atoms with Crippen LogP contribution in [0.4, 0.5) is 11.4 Å². The minimum atomic E-state index is -0.610. The summed E-state index contributed by atoms with van der Waals surface area (Å²) in [6.07, 6.45) is 4.19. The summed E-state index contributed by atoms with van der Waals surface area (Å²) in [6.45, 7) is 3.00. The van der Waals surface area contributed by atoms with Gasteiger partial charge in [-0.15, -0.1) is 11.3 Å². The van der Waals surface area contributed by atoms with Gasteiger partial charge in [0.15, 0.2) is 6.61 Å². The molecule has 0 atom stereocenters. The smallest absolute Gasteiger partial charge is 0.348 e. The van der Waals surface area contributed by atoms with Crippen LogP contribution in [-0.4, -0.2) is 23.4 Å². The van der Waals surface area contributed by atoms with Crippen LogP contribution in [0.5, 0.6) is 0 Å². The number of nitrogens with one attached hydrogen (secondary N) is 1. The third-order valence-corrected chi connectivity index (χ3v) is 5.92. The summed E-state index contributed by atoms with van der Waals surface area (Å²) < 4.78 is 5.10. The molecule has 1 aliphatic rings. The predicted molar refractivity (Wildman–Crippen MR) is 102 cm³/mol. The fourth-order valence-corrected chi connectivity index (χ4v) is 4.23. The van der Waals surface area contributed by atoms with E-state index in [4.69, 9.17) is 4.74 Å². The molecule has 0 radical (unpaired) electrons. The summed E-state index contributed by atoms with van der Waals surface area (Å²) >= 11 is 1.41. The lowest BCUT2D eigenvalue weighted by Crippen LogP contribution is -2.21. The maximum absolute atomic E-state index is 12.2. The highest BCUT2D eigenvalue weighted by atomic mass is 32.1. The second kappa shape index (κ2) is 7.87. The minimum absolute atomic E-state index is 0.132. The monoisotopic (exact) mass is 388 g/mol. The standard InChI is InChI=1S/C19H20N2O5S/c1-11-7-8-14(21(24)25)18(12(11)2)20-17(22)10-26-19(23)16-9-13-5-3-4-6-15(13)27-16/h7-9H,3-6,10H2,1-2H3,(H,20,22). The Morgan fingerprint density at radius 3 is 2.70 bits per heavy atom. The van der Waals surface area contributed by atoms with Crippen molar-refractivity contribution in [1.82, 2.24) is 0 Å². The largest absolute Gasteiger partial charge is 0.451 e. The molecule has 142 valence electrons. The molecule has 1 N–H and O–H groups in total. The molecule has 0 unspecified atom stereocenters. The van der Waals surface area contributed by atoms with Crippen molar-refractivity contribution in [2.75, 3.05) is 11.9 Å². The van der Waals surface area contributed by atoms with Crippen molar-refractivity contribution in [3.63, 3.8) is 0 Å². The highest BCUT2D eigenvalue weighted by Crippen LogP contribution is 2.31. The molecule has 27 heavy (non-hydrogen) atoms. The number of amides is 1. The number of rotatable bonds is 5. The molecule has 0 spiro atoms. The van der Waals surface area contributed by atoms with Crippen LogP contribution in [0.3, 0.4) is 0 Å². The summed E-state index contributed by atoms with van der Waals surface area (Å²) in [4.78, 5) is 36.7. The molecule has 1 aliphatic carbocycles. The van der Waals surface area contributed by atoms with E-state index in [1.54, 1.807) is 19.9 Å². The Labute approximate surface area is 160 Å². The molecule has 2 aromatic rings. The van der Waals surface area contributed by atoms with Crippen LogP contribution in [-0.2, 0) is 22.4 Å². The number of carbonyl (C=O) groups is 2. The lowest BCUT2D eigenvalue weighted by atomic mass is 9.99. The molecule has 0 bridgehead atoms. The molecule has 7 nitrogen and oxygen atoms in total. The average molecular weight is 388 g/mol. The van der Waals surface area contributed by atoms with Gasteiger partial charge in [-0.25, -0.2) is 4.79 Å². The van der Waals surface area contributed by atoms with Crippen molar-refractivity contribution in [2.45, 2.75) is 39.5 Å². The van der Waals surface area contributed by atoms with Crippen molar-refractivity contribution < 1.29 is 19.2 Å². The van der Waals surface area contributed by atoms with E-state index in [0.717, 1.165) is 31.2 Å². The number of nitro groups is 1. The normalized spacial score (nSPS) is 13.0. The first-order chi connectivity index (χ1) is 12.9. The van der Waals surface area contributed by atoms with Gasteiger partial charge in [-0.3, -0.25) is 14.9 Å². The maximum atomic E-state index is 12.2. The van der Waals surface area contributed by atoms with Gasteiger partial charge in [0.05, 0.1) is 4.92 Å². The van der Waals surface area contributed by atoms with Crippen molar-refractivity contribution in [2.24, 2.45) is 0 Å². The van der Waals surface area contributed by atoms with E-state index in [1.165, 1.54) is 27.8 Å². The van der Waals surface area contributed by atoms with Crippen molar-refractivity contribution in [3.8, 4) is 0 Å². The number of benzene rings is 1. The Hall–Kier alpha value is -2.74. The van der Waals surface area contributed by atoms with Crippen LogP contribution < -0.4 is 5.32 Å². The first-order valence-electron chi connectivity index (χ1n) is 8.70. The van der Waals surface area contributed by atoms with Crippen LogP contribution >= 0.6 is 11.3 Å². The zero-order valence-corrected chi connectivity index (χ0v) is 16.0. The van der Waals surface area contributed by atoms with Crippen LogP contribution in [0, 0.1) is 24.0 Å². The summed E-state index contributed by atoms with van der Waals surface area (Å²) in [5.41, 5.74) is 2.55. The lowest BCUT2D eigenvalue weighted by molar-refractivity contribution is -0.384. The highest BCUT2D eigenvalue weighted by molar-refractivity contribution is 7.14. The quantitative estimate of drug-likeness (QED) is 0.475. The molecule has 1 aromatic heterocycles. The van der Waals surface area contributed by atoms with Crippen LogP contribution in [0.1, 0.15) is 44.1 Å². The number of aryl methyl sites for hydroxylation is 3. The van der Waals surface area contributed by atoms with Crippen molar-refractivity contribution in [3.05, 3.63) is 54.8 Å². The predicted octanol–water partition coefficient (Wildman–Crippen LogP) is 3.95. The highest BCUT2D eigenvalue weighted by Gasteiger charge is 2.22.